The maximum Gasteiger partial charge on any atom is 0.255 e. The van der Waals surface area contributed by atoms with Gasteiger partial charge in [0.15, 0.2) is 0 Å². The van der Waals surface area contributed by atoms with Crippen molar-refractivity contribution in [3.63, 3.8) is 0 Å². The number of morpholine rings is 1. The Morgan fingerprint density at radius 2 is 1.58 bits per heavy atom. The smallest absolute Gasteiger partial charge is 0.255 e. The Bertz CT molecular complexity index is 1710. The highest BCUT2D eigenvalue weighted by molar-refractivity contribution is 6.01. The van der Waals surface area contributed by atoms with Crippen LogP contribution in [0.1, 0.15) is 53.7 Å². The molecule has 0 bridgehead atoms. The lowest BCUT2D eigenvalue weighted by Crippen LogP contribution is -2.60. The van der Waals surface area contributed by atoms with Gasteiger partial charge in [0.2, 0.25) is 23.6 Å². The van der Waals surface area contributed by atoms with Crippen molar-refractivity contribution in [2.24, 2.45) is 0 Å². The molecule has 5 N–H and O–H groups in total. The summed E-state index contributed by atoms with van der Waals surface area (Å²) in [6.07, 6.45) is 0.201. The van der Waals surface area contributed by atoms with Crippen LogP contribution in [0.2, 0.25) is 0 Å². The quantitative estimate of drug-likeness (QED) is 0.248. The van der Waals surface area contributed by atoms with E-state index in [1.165, 1.54) is 13.8 Å². The molecule has 0 aliphatic carbocycles. The summed E-state index contributed by atoms with van der Waals surface area (Å²) in [6.45, 7) is 7.48. The predicted octanol–water partition coefficient (Wildman–Crippen LogP) is 1.84. The number of para-hydroxylation sites is 1. The van der Waals surface area contributed by atoms with Crippen LogP contribution >= 0.6 is 0 Å². The third-order valence-electron chi connectivity index (χ3n) is 8.91. The molecule has 1 fully saturated rings. The zero-order chi connectivity index (χ0) is 36.9. The number of hydrogen-bond acceptors (Lipinski definition) is 8. The summed E-state index contributed by atoms with van der Waals surface area (Å²) in [5, 5.41) is 13.9. The molecule has 0 radical (unpaired) electrons. The SMILES string of the molecule is CC1(C)NC(=O)C[C@@H](C(=O)NCc2cccc(CN3CCOCC3)c2)NC(=O)c2ccccc2OCCCNC(=O)[C@H](Cc2ccccc2)NC1=O. The van der Waals surface area contributed by atoms with Gasteiger partial charge in [-0.3, -0.25) is 28.9 Å². The summed E-state index contributed by atoms with van der Waals surface area (Å²) < 4.78 is 11.4. The summed E-state index contributed by atoms with van der Waals surface area (Å²) in [7, 11) is 0. The van der Waals surface area contributed by atoms with Crippen molar-refractivity contribution in [3.05, 3.63) is 101 Å². The molecular formula is C39H48N6O7. The van der Waals surface area contributed by atoms with Crippen LogP contribution in [-0.2, 0) is 43.4 Å². The molecule has 0 unspecified atom stereocenters. The number of amides is 5. The van der Waals surface area contributed by atoms with E-state index >= 15 is 0 Å². The molecule has 276 valence electrons. The van der Waals surface area contributed by atoms with Crippen molar-refractivity contribution >= 4 is 29.5 Å². The van der Waals surface area contributed by atoms with Crippen LogP contribution in [0, 0.1) is 0 Å². The van der Waals surface area contributed by atoms with E-state index < -0.39 is 47.7 Å². The fourth-order valence-corrected chi connectivity index (χ4v) is 6.02. The highest BCUT2D eigenvalue weighted by Crippen LogP contribution is 2.19. The van der Waals surface area contributed by atoms with Gasteiger partial charge < -0.3 is 36.1 Å². The van der Waals surface area contributed by atoms with Crippen LogP contribution in [0.25, 0.3) is 0 Å². The Morgan fingerprint density at radius 3 is 2.37 bits per heavy atom. The first-order valence-corrected chi connectivity index (χ1v) is 17.7. The third kappa shape index (κ3) is 11.1. The van der Waals surface area contributed by atoms with E-state index in [1.807, 2.05) is 54.6 Å². The number of ether oxygens (including phenoxy) is 2. The molecule has 0 spiro atoms. The molecule has 13 heteroatoms. The minimum atomic E-state index is -1.47. The molecule has 52 heavy (non-hydrogen) atoms. The van der Waals surface area contributed by atoms with Crippen molar-refractivity contribution < 1.29 is 33.4 Å². The van der Waals surface area contributed by atoms with Crippen LogP contribution in [0.5, 0.6) is 5.75 Å². The normalized spacial score (nSPS) is 20.7. The summed E-state index contributed by atoms with van der Waals surface area (Å²) in [5.41, 5.74) is 1.52. The molecule has 2 heterocycles. The highest BCUT2D eigenvalue weighted by atomic mass is 16.5. The average molecular weight is 713 g/mol. The third-order valence-corrected chi connectivity index (χ3v) is 8.91. The first-order chi connectivity index (χ1) is 25.1. The minimum absolute atomic E-state index is 0.169. The van der Waals surface area contributed by atoms with Crippen molar-refractivity contribution in [1.29, 1.82) is 0 Å². The van der Waals surface area contributed by atoms with Gasteiger partial charge in [0, 0.05) is 39.1 Å². The number of carbonyl (C=O) groups is 5. The number of nitrogens with zero attached hydrogens (tertiary/aromatic N) is 1. The Kier molecular flexibility index (Phi) is 13.4. The zero-order valence-corrected chi connectivity index (χ0v) is 29.7. The number of fused-ring (bicyclic) bond motifs is 1. The van der Waals surface area contributed by atoms with E-state index in [-0.39, 0.29) is 37.6 Å². The summed E-state index contributed by atoms with van der Waals surface area (Å²) in [5.74, 6) is -2.50. The van der Waals surface area contributed by atoms with E-state index in [0.29, 0.717) is 25.4 Å². The number of rotatable bonds is 7. The van der Waals surface area contributed by atoms with Crippen LogP contribution < -0.4 is 31.3 Å². The fraction of sp³-hybridized carbons (Fsp3) is 0.410. The predicted molar refractivity (Wildman–Crippen MR) is 194 cm³/mol. The molecule has 3 aromatic rings. The maximum atomic E-state index is 13.7. The van der Waals surface area contributed by atoms with E-state index in [1.54, 1.807) is 24.3 Å². The van der Waals surface area contributed by atoms with Crippen LogP contribution in [0.4, 0.5) is 0 Å². The van der Waals surface area contributed by atoms with Crippen molar-refractivity contribution in [2.45, 2.75) is 63.8 Å². The second kappa shape index (κ2) is 18.3. The minimum Gasteiger partial charge on any atom is -0.493 e. The molecule has 5 rings (SSSR count). The summed E-state index contributed by atoms with van der Waals surface area (Å²) >= 11 is 0. The molecule has 1 saturated heterocycles. The van der Waals surface area contributed by atoms with E-state index in [0.717, 1.165) is 36.3 Å². The number of nitrogens with one attached hydrogen (secondary N) is 5. The fourth-order valence-electron chi connectivity index (χ4n) is 6.02. The number of hydrogen-bond donors (Lipinski definition) is 5. The van der Waals surface area contributed by atoms with Gasteiger partial charge in [-0.15, -0.1) is 0 Å². The van der Waals surface area contributed by atoms with Gasteiger partial charge in [0.25, 0.3) is 5.91 Å². The second-order valence-electron chi connectivity index (χ2n) is 13.5. The average Bonchev–Trinajstić information content (AvgIpc) is 3.13. The molecule has 2 atom stereocenters. The van der Waals surface area contributed by atoms with Crippen molar-refractivity contribution in [2.75, 3.05) is 39.5 Å². The molecular weight excluding hydrogens is 664 g/mol. The Morgan fingerprint density at radius 1 is 0.865 bits per heavy atom. The lowest BCUT2D eigenvalue weighted by molar-refractivity contribution is -0.135. The molecule has 3 aromatic carbocycles. The van der Waals surface area contributed by atoms with Crippen molar-refractivity contribution in [1.82, 2.24) is 31.5 Å². The number of benzene rings is 3. The highest BCUT2D eigenvalue weighted by Gasteiger charge is 2.35. The van der Waals surface area contributed by atoms with Gasteiger partial charge in [0.1, 0.15) is 23.4 Å². The first-order valence-electron chi connectivity index (χ1n) is 17.7. The van der Waals surface area contributed by atoms with Gasteiger partial charge in [-0.2, -0.15) is 0 Å². The molecule has 13 nitrogen and oxygen atoms in total. The van der Waals surface area contributed by atoms with Gasteiger partial charge in [-0.25, -0.2) is 0 Å². The zero-order valence-electron chi connectivity index (χ0n) is 29.7. The summed E-state index contributed by atoms with van der Waals surface area (Å²) in [4.78, 5) is 70.0. The topological polar surface area (TPSA) is 167 Å². The molecule has 0 aromatic heterocycles. The van der Waals surface area contributed by atoms with E-state index in [2.05, 4.69) is 31.5 Å². The molecule has 2 aliphatic rings. The largest absolute Gasteiger partial charge is 0.493 e. The van der Waals surface area contributed by atoms with Crippen LogP contribution in [-0.4, -0.2) is 91.5 Å². The molecule has 2 aliphatic heterocycles. The van der Waals surface area contributed by atoms with Gasteiger partial charge in [-0.05, 0) is 49.1 Å². The molecule has 0 saturated carbocycles. The van der Waals surface area contributed by atoms with E-state index in [4.69, 9.17) is 9.47 Å². The Hall–Kier alpha value is -5.27. The summed E-state index contributed by atoms with van der Waals surface area (Å²) in [6, 6.07) is 21.6. The Labute approximate surface area is 304 Å². The lowest BCUT2D eigenvalue weighted by atomic mass is 10.00. The van der Waals surface area contributed by atoms with Crippen molar-refractivity contribution in [3.8, 4) is 5.75 Å². The Balaban J connectivity index is 1.33. The van der Waals surface area contributed by atoms with Gasteiger partial charge in [-0.1, -0.05) is 66.7 Å². The maximum absolute atomic E-state index is 13.7. The second-order valence-corrected chi connectivity index (χ2v) is 13.5. The van der Waals surface area contributed by atoms with Crippen LogP contribution in [0.3, 0.4) is 0 Å². The number of carbonyl (C=O) groups excluding carboxylic acids is 5. The monoisotopic (exact) mass is 712 g/mol. The molecule has 5 amide bonds. The van der Waals surface area contributed by atoms with E-state index in [9.17, 15) is 24.0 Å². The van der Waals surface area contributed by atoms with Gasteiger partial charge in [0.05, 0.1) is 31.8 Å². The first kappa shape index (κ1) is 38.0. The lowest BCUT2D eigenvalue weighted by Gasteiger charge is -2.29. The standard InChI is InChI=1S/C39H48N6O7/c1-39(2)38(50)43-31(23-27-10-4-3-5-11-27)36(48)40-16-9-19-52-33-15-7-6-14-30(33)35(47)42-32(24-34(46)44-39)37(49)41-25-28-12-8-13-29(22-28)26-45-17-20-51-21-18-45/h3-8,10-15,22,31-32H,9,16-21,23-26H2,1-2H3,(H,40,48)(H,41,49)(H,42,47)(H,43,50)(H,44,46)/t31-,32-/m0/s1. The van der Waals surface area contributed by atoms with Gasteiger partial charge >= 0.3 is 0 Å². The van der Waals surface area contributed by atoms with Crippen LogP contribution in [0.15, 0.2) is 78.9 Å².